The highest BCUT2D eigenvalue weighted by molar-refractivity contribution is 6.32. The third-order valence-corrected chi connectivity index (χ3v) is 3.14. The summed E-state index contributed by atoms with van der Waals surface area (Å²) in [5.41, 5.74) is 0.658. The molecular formula is C14H9Cl2FO. The highest BCUT2D eigenvalue weighted by atomic mass is 35.5. The predicted octanol–water partition coefficient (Wildman–Crippen LogP) is 4.56. The fourth-order valence-electron chi connectivity index (χ4n) is 1.62. The van der Waals surface area contributed by atoms with E-state index in [1.165, 1.54) is 18.2 Å². The van der Waals surface area contributed by atoms with Crippen LogP contribution >= 0.6 is 23.2 Å². The number of hydrogen-bond donors (Lipinski definition) is 0. The Bertz CT molecular complexity index is 596. The number of ketones is 1. The molecule has 2 rings (SSSR count). The molecule has 1 nitrogen and oxygen atoms in total. The van der Waals surface area contributed by atoms with Crippen molar-refractivity contribution in [3.8, 4) is 0 Å². The van der Waals surface area contributed by atoms with E-state index in [4.69, 9.17) is 23.2 Å². The average molecular weight is 283 g/mol. The Morgan fingerprint density at radius 3 is 2.56 bits per heavy atom. The molecule has 0 aliphatic rings. The van der Waals surface area contributed by atoms with Crippen LogP contribution in [0.4, 0.5) is 4.39 Å². The van der Waals surface area contributed by atoms with Gasteiger partial charge in [0.2, 0.25) is 0 Å². The van der Waals surface area contributed by atoms with Gasteiger partial charge in [0.15, 0.2) is 5.78 Å². The first-order valence-electron chi connectivity index (χ1n) is 5.29. The van der Waals surface area contributed by atoms with E-state index in [-0.39, 0.29) is 17.8 Å². The van der Waals surface area contributed by atoms with Gasteiger partial charge in [0.1, 0.15) is 5.82 Å². The summed E-state index contributed by atoms with van der Waals surface area (Å²) < 4.78 is 13.5. The number of hydrogen-bond acceptors (Lipinski definition) is 1. The fraction of sp³-hybridized carbons (Fsp3) is 0.0714. The van der Waals surface area contributed by atoms with Gasteiger partial charge in [0, 0.05) is 16.5 Å². The highest BCUT2D eigenvalue weighted by Gasteiger charge is 2.14. The van der Waals surface area contributed by atoms with Crippen molar-refractivity contribution in [2.75, 3.05) is 0 Å². The fourth-order valence-corrected chi connectivity index (χ4v) is 2.00. The molecule has 92 valence electrons. The van der Waals surface area contributed by atoms with Gasteiger partial charge in [-0.2, -0.15) is 0 Å². The molecule has 0 aromatic heterocycles. The Hall–Kier alpha value is -1.38. The smallest absolute Gasteiger partial charge is 0.170 e. The predicted molar refractivity (Wildman–Crippen MR) is 70.9 cm³/mol. The van der Waals surface area contributed by atoms with Gasteiger partial charge in [0.25, 0.3) is 0 Å². The lowest BCUT2D eigenvalue weighted by Gasteiger charge is -2.05. The molecule has 4 heteroatoms. The molecule has 0 spiro atoms. The molecule has 0 unspecified atom stereocenters. The number of Topliss-reactive ketones (excluding diaryl/α,β-unsaturated/α-hetero) is 1. The molecule has 0 aliphatic carbocycles. The Morgan fingerprint density at radius 1 is 1.11 bits per heavy atom. The summed E-state index contributed by atoms with van der Waals surface area (Å²) in [6, 6.07) is 10.9. The summed E-state index contributed by atoms with van der Waals surface area (Å²) >= 11 is 11.7. The molecule has 0 radical (unpaired) electrons. The number of benzene rings is 2. The van der Waals surface area contributed by atoms with E-state index in [2.05, 4.69) is 0 Å². The van der Waals surface area contributed by atoms with Gasteiger partial charge in [-0.1, -0.05) is 41.4 Å². The lowest BCUT2D eigenvalue weighted by molar-refractivity contribution is 0.0989. The average Bonchev–Trinajstić information content (AvgIpc) is 2.35. The zero-order chi connectivity index (χ0) is 13.1. The second-order valence-electron chi connectivity index (χ2n) is 3.82. The minimum atomic E-state index is -0.573. The van der Waals surface area contributed by atoms with Crippen LogP contribution in [0, 0.1) is 5.82 Å². The van der Waals surface area contributed by atoms with Crippen LogP contribution in [-0.4, -0.2) is 5.78 Å². The van der Waals surface area contributed by atoms with Crippen molar-refractivity contribution in [1.29, 1.82) is 0 Å². The Kier molecular flexibility index (Phi) is 4.00. The molecule has 0 fully saturated rings. The van der Waals surface area contributed by atoms with Gasteiger partial charge >= 0.3 is 0 Å². The molecule has 0 heterocycles. The Morgan fingerprint density at radius 2 is 1.83 bits per heavy atom. The third kappa shape index (κ3) is 2.89. The molecule has 18 heavy (non-hydrogen) atoms. The highest BCUT2D eigenvalue weighted by Crippen LogP contribution is 2.20. The second kappa shape index (κ2) is 5.51. The first kappa shape index (κ1) is 13.1. The lowest BCUT2D eigenvalue weighted by atomic mass is 10.0. The lowest BCUT2D eigenvalue weighted by Crippen LogP contribution is -2.06. The maximum absolute atomic E-state index is 13.5. The Labute approximate surface area is 114 Å². The summed E-state index contributed by atoms with van der Waals surface area (Å²) in [4.78, 5) is 12.0. The third-order valence-electron chi connectivity index (χ3n) is 2.54. The molecule has 0 N–H and O–H groups in total. The molecule has 0 atom stereocenters. The van der Waals surface area contributed by atoms with Crippen LogP contribution in [0.3, 0.4) is 0 Å². The van der Waals surface area contributed by atoms with Gasteiger partial charge in [-0.05, 0) is 29.8 Å². The topological polar surface area (TPSA) is 17.1 Å². The number of halogens is 3. The van der Waals surface area contributed by atoms with Crippen molar-refractivity contribution in [2.45, 2.75) is 6.42 Å². The second-order valence-corrected chi connectivity index (χ2v) is 4.66. The van der Waals surface area contributed by atoms with Crippen LogP contribution in [0.2, 0.25) is 10.0 Å². The maximum atomic E-state index is 13.5. The molecule has 0 saturated heterocycles. The van der Waals surface area contributed by atoms with E-state index in [0.29, 0.717) is 15.6 Å². The normalized spacial score (nSPS) is 10.4. The molecule has 2 aromatic rings. The van der Waals surface area contributed by atoms with Gasteiger partial charge in [-0.15, -0.1) is 0 Å². The zero-order valence-corrected chi connectivity index (χ0v) is 10.8. The van der Waals surface area contributed by atoms with Crippen LogP contribution in [0.25, 0.3) is 0 Å². The SMILES string of the molecule is O=C(Cc1ccccc1Cl)c1cc(Cl)ccc1F. The van der Waals surface area contributed by atoms with Gasteiger partial charge in [0.05, 0.1) is 5.56 Å². The summed E-state index contributed by atoms with van der Waals surface area (Å²) in [5.74, 6) is -0.917. The number of carbonyl (C=O) groups is 1. The summed E-state index contributed by atoms with van der Waals surface area (Å²) in [7, 11) is 0. The minimum absolute atomic E-state index is 0.0116. The first-order chi connectivity index (χ1) is 8.58. The summed E-state index contributed by atoms with van der Waals surface area (Å²) in [6.07, 6.45) is 0.0525. The van der Waals surface area contributed by atoms with Crippen LogP contribution in [-0.2, 0) is 6.42 Å². The molecular weight excluding hydrogens is 274 g/mol. The van der Waals surface area contributed by atoms with E-state index in [0.717, 1.165) is 0 Å². The Balaban J connectivity index is 2.28. The quantitative estimate of drug-likeness (QED) is 0.755. The van der Waals surface area contributed by atoms with Gasteiger partial charge in [-0.25, -0.2) is 4.39 Å². The van der Waals surface area contributed by atoms with E-state index in [1.54, 1.807) is 24.3 Å². The van der Waals surface area contributed by atoms with E-state index in [1.807, 2.05) is 0 Å². The summed E-state index contributed by atoms with van der Waals surface area (Å²) in [5, 5.41) is 0.826. The van der Waals surface area contributed by atoms with Crippen LogP contribution in [0.1, 0.15) is 15.9 Å². The molecule has 0 amide bonds. The van der Waals surface area contributed by atoms with Gasteiger partial charge < -0.3 is 0 Å². The van der Waals surface area contributed by atoms with E-state index in [9.17, 15) is 9.18 Å². The first-order valence-corrected chi connectivity index (χ1v) is 6.05. The molecule has 0 saturated carbocycles. The summed E-state index contributed by atoms with van der Waals surface area (Å²) in [6.45, 7) is 0. The van der Waals surface area contributed by atoms with E-state index < -0.39 is 5.82 Å². The van der Waals surface area contributed by atoms with Crippen LogP contribution in [0.5, 0.6) is 0 Å². The maximum Gasteiger partial charge on any atom is 0.170 e. The van der Waals surface area contributed by atoms with Crippen molar-refractivity contribution in [3.63, 3.8) is 0 Å². The largest absolute Gasteiger partial charge is 0.294 e. The van der Waals surface area contributed by atoms with Crippen LogP contribution in [0.15, 0.2) is 42.5 Å². The molecule has 0 bridgehead atoms. The van der Waals surface area contributed by atoms with Crippen molar-refractivity contribution in [1.82, 2.24) is 0 Å². The van der Waals surface area contributed by atoms with Crippen molar-refractivity contribution < 1.29 is 9.18 Å². The number of carbonyl (C=O) groups excluding carboxylic acids is 1. The van der Waals surface area contributed by atoms with Gasteiger partial charge in [-0.3, -0.25) is 4.79 Å². The van der Waals surface area contributed by atoms with Crippen molar-refractivity contribution in [2.24, 2.45) is 0 Å². The number of rotatable bonds is 3. The minimum Gasteiger partial charge on any atom is -0.294 e. The van der Waals surface area contributed by atoms with Crippen LogP contribution < -0.4 is 0 Å². The van der Waals surface area contributed by atoms with E-state index >= 15 is 0 Å². The molecule has 2 aromatic carbocycles. The molecule has 0 aliphatic heterocycles. The van der Waals surface area contributed by atoms with Crippen molar-refractivity contribution >= 4 is 29.0 Å². The monoisotopic (exact) mass is 282 g/mol. The van der Waals surface area contributed by atoms with Crippen molar-refractivity contribution in [3.05, 3.63) is 69.5 Å². The standard InChI is InChI=1S/C14H9Cl2FO/c15-10-5-6-13(17)11(8-10)14(18)7-9-3-1-2-4-12(9)16/h1-6,8H,7H2. The zero-order valence-electron chi connectivity index (χ0n) is 9.29.